The lowest BCUT2D eigenvalue weighted by Gasteiger charge is -2.37. The summed E-state index contributed by atoms with van der Waals surface area (Å²) in [6.45, 7) is 0.995. The Balaban J connectivity index is 1.43. The van der Waals surface area contributed by atoms with Crippen molar-refractivity contribution in [3.63, 3.8) is 0 Å². The van der Waals surface area contributed by atoms with Crippen LogP contribution in [0.3, 0.4) is 0 Å². The number of benzene rings is 1. The molecule has 0 saturated carbocycles. The fourth-order valence-corrected chi connectivity index (χ4v) is 2.62. The van der Waals surface area contributed by atoms with Gasteiger partial charge in [0.1, 0.15) is 5.69 Å². The molecule has 3 aromatic rings. The smallest absolute Gasteiger partial charge is 0.253 e. The van der Waals surface area contributed by atoms with Crippen molar-refractivity contribution < 1.29 is 9.32 Å². The third-order valence-electron chi connectivity index (χ3n) is 3.99. The summed E-state index contributed by atoms with van der Waals surface area (Å²) >= 11 is 0. The summed E-state index contributed by atoms with van der Waals surface area (Å²) in [6.07, 6.45) is 4.69. The van der Waals surface area contributed by atoms with Crippen LogP contribution in [0.25, 0.3) is 11.5 Å². The monoisotopic (exact) mass is 332 g/mol. The Labute approximate surface area is 142 Å². The number of carbonyl (C=O) groups is 1. The number of carbonyl (C=O) groups excluding carboxylic acids is 1. The lowest BCUT2D eigenvalue weighted by Crippen LogP contribution is -2.48. The minimum absolute atomic E-state index is 0.000945. The molecule has 1 aliphatic rings. The minimum Gasteiger partial charge on any atom is -0.338 e. The molecule has 3 heterocycles. The summed E-state index contributed by atoms with van der Waals surface area (Å²) in [6, 6.07) is 8.70. The Kier molecular flexibility index (Phi) is 3.67. The standard InChI is InChI=1S/C17H12N6O2/c18-7-11-2-1-3-12(6-11)17(24)23-9-13(10-23)16-21-15(22-25-16)14-8-19-4-5-20-14/h1-6,8,13H,9-10H2. The quantitative estimate of drug-likeness (QED) is 0.717. The highest BCUT2D eigenvalue weighted by molar-refractivity contribution is 5.95. The number of aromatic nitrogens is 4. The maximum absolute atomic E-state index is 12.4. The molecule has 1 aliphatic heterocycles. The van der Waals surface area contributed by atoms with Gasteiger partial charge in [-0.15, -0.1) is 0 Å². The lowest BCUT2D eigenvalue weighted by atomic mass is 9.98. The summed E-state index contributed by atoms with van der Waals surface area (Å²) < 4.78 is 5.28. The Morgan fingerprint density at radius 1 is 1.32 bits per heavy atom. The van der Waals surface area contributed by atoms with E-state index in [-0.39, 0.29) is 11.8 Å². The second-order valence-corrected chi connectivity index (χ2v) is 5.65. The molecule has 8 heteroatoms. The molecule has 0 bridgehead atoms. The number of likely N-dealkylation sites (tertiary alicyclic amines) is 1. The zero-order valence-corrected chi connectivity index (χ0v) is 13.0. The predicted octanol–water partition coefficient (Wildman–Crippen LogP) is 1.64. The van der Waals surface area contributed by atoms with Crippen molar-refractivity contribution >= 4 is 5.91 Å². The third kappa shape index (κ3) is 2.83. The summed E-state index contributed by atoms with van der Waals surface area (Å²) in [7, 11) is 0. The molecule has 2 aromatic heterocycles. The van der Waals surface area contributed by atoms with Gasteiger partial charge in [-0.1, -0.05) is 11.2 Å². The molecule has 0 unspecified atom stereocenters. The van der Waals surface area contributed by atoms with E-state index in [9.17, 15) is 4.79 Å². The van der Waals surface area contributed by atoms with E-state index in [4.69, 9.17) is 9.78 Å². The molecule has 0 spiro atoms. The highest BCUT2D eigenvalue weighted by Gasteiger charge is 2.36. The maximum atomic E-state index is 12.4. The van der Waals surface area contributed by atoms with Crippen LogP contribution in [0.5, 0.6) is 0 Å². The molecule has 1 saturated heterocycles. The van der Waals surface area contributed by atoms with Crippen LogP contribution < -0.4 is 0 Å². The van der Waals surface area contributed by atoms with E-state index in [1.807, 2.05) is 6.07 Å². The first-order chi connectivity index (χ1) is 12.2. The van der Waals surface area contributed by atoms with Crippen molar-refractivity contribution in [1.82, 2.24) is 25.0 Å². The van der Waals surface area contributed by atoms with Gasteiger partial charge in [0.2, 0.25) is 11.7 Å². The first kappa shape index (κ1) is 15.0. The first-order valence-corrected chi connectivity index (χ1v) is 7.64. The fourth-order valence-electron chi connectivity index (χ4n) is 2.62. The number of rotatable bonds is 3. The van der Waals surface area contributed by atoms with Crippen LogP contribution in [0, 0.1) is 11.3 Å². The lowest BCUT2D eigenvalue weighted by molar-refractivity contribution is 0.0569. The Morgan fingerprint density at radius 2 is 2.20 bits per heavy atom. The molecule has 1 aromatic carbocycles. The summed E-state index contributed by atoms with van der Waals surface area (Å²) in [5.41, 5.74) is 1.51. The second kappa shape index (κ2) is 6.13. The van der Waals surface area contributed by atoms with Crippen molar-refractivity contribution in [3.05, 3.63) is 59.9 Å². The Hall–Kier alpha value is -3.60. The van der Waals surface area contributed by atoms with Crippen LogP contribution in [0.4, 0.5) is 0 Å². The fraction of sp³-hybridized carbons (Fsp3) is 0.176. The summed E-state index contributed by atoms with van der Waals surface area (Å²) in [5.74, 6) is 0.758. The molecular formula is C17H12N6O2. The second-order valence-electron chi connectivity index (χ2n) is 5.65. The van der Waals surface area contributed by atoms with Gasteiger partial charge in [0, 0.05) is 31.0 Å². The summed E-state index contributed by atoms with van der Waals surface area (Å²) in [4.78, 5) is 26.6. The van der Waals surface area contributed by atoms with Gasteiger partial charge >= 0.3 is 0 Å². The maximum Gasteiger partial charge on any atom is 0.253 e. The van der Waals surface area contributed by atoms with Crippen molar-refractivity contribution in [2.75, 3.05) is 13.1 Å². The van der Waals surface area contributed by atoms with E-state index < -0.39 is 0 Å². The molecule has 0 atom stereocenters. The number of nitriles is 1. The molecule has 0 aliphatic carbocycles. The van der Waals surface area contributed by atoms with Gasteiger partial charge in [0.15, 0.2) is 0 Å². The van der Waals surface area contributed by atoms with Crippen molar-refractivity contribution in [1.29, 1.82) is 5.26 Å². The van der Waals surface area contributed by atoms with Crippen LogP contribution in [-0.4, -0.2) is 44.0 Å². The Morgan fingerprint density at radius 3 is 2.96 bits per heavy atom. The highest BCUT2D eigenvalue weighted by atomic mass is 16.5. The van der Waals surface area contributed by atoms with Gasteiger partial charge in [-0.2, -0.15) is 10.2 Å². The molecule has 122 valence electrons. The van der Waals surface area contributed by atoms with Gasteiger partial charge < -0.3 is 9.42 Å². The number of amides is 1. The van der Waals surface area contributed by atoms with Gasteiger partial charge in [0.05, 0.1) is 23.7 Å². The topological polar surface area (TPSA) is 109 Å². The Bertz CT molecular complexity index is 957. The molecule has 0 radical (unpaired) electrons. The van der Waals surface area contributed by atoms with Crippen LogP contribution in [0.1, 0.15) is 27.7 Å². The van der Waals surface area contributed by atoms with E-state index in [0.717, 1.165) is 0 Å². The summed E-state index contributed by atoms with van der Waals surface area (Å²) in [5, 5.41) is 12.8. The van der Waals surface area contributed by atoms with Gasteiger partial charge in [-0.25, -0.2) is 4.98 Å². The number of hydrogen-bond acceptors (Lipinski definition) is 7. The van der Waals surface area contributed by atoms with Crippen LogP contribution >= 0.6 is 0 Å². The van der Waals surface area contributed by atoms with Gasteiger partial charge in [0.25, 0.3) is 5.91 Å². The molecule has 4 rings (SSSR count). The minimum atomic E-state index is -0.109. The van der Waals surface area contributed by atoms with Gasteiger partial charge in [-0.05, 0) is 18.2 Å². The SMILES string of the molecule is N#Cc1cccc(C(=O)N2CC(c3nc(-c4cnccn4)no3)C2)c1. The van der Waals surface area contributed by atoms with E-state index in [0.29, 0.717) is 41.6 Å². The van der Waals surface area contributed by atoms with E-state index in [2.05, 4.69) is 20.1 Å². The van der Waals surface area contributed by atoms with E-state index in [1.54, 1.807) is 47.8 Å². The normalized spacial score (nSPS) is 14.0. The van der Waals surface area contributed by atoms with E-state index in [1.165, 1.54) is 0 Å². The zero-order chi connectivity index (χ0) is 17.2. The average Bonchev–Trinajstić information content (AvgIpc) is 3.11. The molecule has 8 nitrogen and oxygen atoms in total. The molecule has 25 heavy (non-hydrogen) atoms. The first-order valence-electron chi connectivity index (χ1n) is 7.64. The van der Waals surface area contributed by atoms with Crippen LogP contribution in [0.2, 0.25) is 0 Å². The number of hydrogen-bond donors (Lipinski definition) is 0. The highest BCUT2D eigenvalue weighted by Crippen LogP contribution is 2.28. The molecular weight excluding hydrogens is 320 g/mol. The third-order valence-corrected chi connectivity index (χ3v) is 3.99. The largest absolute Gasteiger partial charge is 0.338 e. The number of nitrogens with zero attached hydrogens (tertiary/aromatic N) is 6. The zero-order valence-electron chi connectivity index (χ0n) is 13.0. The average molecular weight is 332 g/mol. The van der Waals surface area contributed by atoms with Crippen molar-refractivity contribution in [2.24, 2.45) is 0 Å². The molecule has 1 fully saturated rings. The van der Waals surface area contributed by atoms with Crippen molar-refractivity contribution in [3.8, 4) is 17.6 Å². The van der Waals surface area contributed by atoms with Crippen LogP contribution in [-0.2, 0) is 0 Å². The van der Waals surface area contributed by atoms with E-state index >= 15 is 0 Å². The molecule has 0 N–H and O–H groups in total. The molecule has 1 amide bonds. The van der Waals surface area contributed by atoms with Crippen LogP contribution in [0.15, 0.2) is 47.4 Å². The van der Waals surface area contributed by atoms with Gasteiger partial charge in [-0.3, -0.25) is 9.78 Å². The van der Waals surface area contributed by atoms with Crippen molar-refractivity contribution in [2.45, 2.75) is 5.92 Å². The predicted molar refractivity (Wildman–Crippen MR) is 85.1 cm³/mol.